The molecule has 3 aromatic rings. The minimum Gasteiger partial charge on any atom is -0.496 e. The van der Waals surface area contributed by atoms with E-state index >= 15 is 0 Å². The molecule has 0 bridgehead atoms. The summed E-state index contributed by atoms with van der Waals surface area (Å²) >= 11 is 0. The van der Waals surface area contributed by atoms with Gasteiger partial charge in [0.2, 0.25) is 5.43 Å². The highest BCUT2D eigenvalue weighted by atomic mass is 16.5. The average molecular weight is 334 g/mol. The van der Waals surface area contributed by atoms with Crippen molar-refractivity contribution in [3.05, 3.63) is 75.6 Å². The molecular weight excluding hydrogens is 316 g/mol. The number of nitrogens with zero attached hydrogens (tertiary/aromatic N) is 1. The molecule has 25 heavy (non-hydrogen) atoms. The zero-order valence-corrected chi connectivity index (χ0v) is 13.9. The van der Waals surface area contributed by atoms with Crippen molar-refractivity contribution in [3.63, 3.8) is 0 Å². The van der Waals surface area contributed by atoms with Gasteiger partial charge in [-0.3, -0.25) is 9.59 Å². The van der Waals surface area contributed by atoms with E-state index < -0.39 is 0 Å². The van der Waals surface area contributed by atoms with Gasteiger partial charge in [-0.2, -0.15) is 0 Å². The van der Waals surface area contributed by atoms with E-state index in [-0.39, 0.29) is 16.9 Å². The van der Waals surface area contributed by atoms with E-state index in [1.807, 2.05) is 41.0 Å². The van der Waals surface area contributed by atoms with Crippen LogP contribution in [0, 0.1) is 0 Å². The van der Waals surface area contributed by atoms with Crippen molar-refractivity contribution < 1.29 is 9.53 Å². The maximum atomic E-state index is 12.7. The van der Waals surface area contributed by atoms with E-state index in [1.165, 1.54) is 0 Å². The minimum absolute atomic E-state index is 0.182. The first-order valence-electron chi connectivity index (χ1n) is 8.24. The highest BCUT2D eigenvalue weighted by molar-refractivity contribution is 5.98. The predicted molar refractivity (Wildman–Crippen MR) is 96.1 cm³/mol. The Kier molecular flexibility index (Phi) is 3.76. The number of carbonyl (C=O) groups is 1. The van der Waals surface area contributed by atoms with Gasteiger partial charge in [0.1, 0.15) is 11.3 Å². The van der Waals surface area contributed by atoms with Gasteiger partial charge < -0.3 is 14.6 Å². The van der Waals surface area contributed by atoms with Crippen LogP contribution in [-0.4, -0.2) is 17.6 Å². The van der Waals surface area contributed by atoms with Crippen molar-refractivity contribution in [1.29, 1.82) is 0 Å². The maximum Gasteiger partial charge on any atom is 0.257 e. The van der Waals surface area contributed by atoms with Gasteiger partial charge in [-0.05, 0) is 24.1 Å². The Hall–Kier alpha value is -3.08. The molecular formula is C20H18N2O3. The van der Waals surface area contributed by atoms with E-state index in [2.05, 4.69) is 5.32 Å². The van der Waals surface area contributed by atoms with Crippen LogP contribution in [0.2, 0.25) is 0 Å². The number of aryl methyl sites for hydroxylation is 2. The first-order valence-corrected chi connectivity index (χ1v) is 8.24. The highest BCUT2D eigenvalue weighted by Gasteiger charge is 2.20. The summed E-state index contributed by atoms with van der Waals surface area (Å²) < 4.78 is 7.30. The summed E-state index contributed by atoms with van der Waals surface area (Å²) in [5, 5.41) is 3.44. The molecule has 0 aliphatic carbocycles. The van der Waals surface area contributed by atoms with Crippen molar-refractivity contribution in [3.8, 4) is 5.75 Å². The highest BCUT2D eigenvalue weighted by Crippen LogP contribution is 2.24. The molecule has 2 aromatic carbocycles. The summed E-state index contributed by atoms with van der Waals surface area (Å²) in [5.74, 6) is 0.347. The molecule has 4 rings (SSSR count). The quantitative estimate of drug-likeness (QED) is 0.797. The predicted octanol–water partition coefficient (Wildman–Crippen LogP) is 2.50. The molecule has 5 heteroatoms. The van der Waals surface area contributed by atoms with Crippen LogP contribution in [0.25, 0.3) is 10.9 Å². The van der Waals surface area contributed by atoms with Gasteiger partial charge in [-0.1, -0.05) is 30.3 Å². The number of hydrogen-bond acceptors (Lipinski definition) is 3. The number of methoxy groups -OCH3 is 1. The van der Waals surface area contributed by atoms with Gasteiger partial charge in [-0.25, -0.2) is 0 Å². The Morgan fingerprint density at radius 1 is 1.20 bits per heavy atom. The van der Waals surface area contributed by atoms with Crippen LogP contribution in [0.5, 0.6) is 5.75 Å². The van der Waals surface area contributed by atoms with E-state index in [4.69, 9.17) is 4.74 Å². The fourth-order valence-corrected chi connectivity index (χ4v) is 3.44. The SMILES string of the molecule is COc1ccccc1CNC(=O)c1cn2c3c(cccc3c1=O)CC2. The normalized spacial score (nSPS) is 12.4. The third-order valence-electron chi connectivity index (χ3n) is 4.68. The number of pyridine rings is 1. The topological polar surface area (TPSA) is 60.3 Å². The number of amides is 1. The Morgan fingerprint density at radius 3 is 2.88 bits per heavy atom. The molecule has 1 amide bonds. The number of para-hydroxylation sites is 2. The molecule has 0 saturated heterocycles. The average Bonchev–Trinajstić information content (AvgIpc) is 3.07. The largest absolute Gasteiger partial charge is 0.496 e. The Bertz CT molecular complexity index is 1040. The van der Waals surface area contributed by atoms with Gasteiger partial charge in [0, 0.05) is 30.2 Å². The molecule has 0 saturated carbocycles. The van der Waals surface area contributed by atoms with Crippen LogP contribution < -0.4 is 15.5 Å². The number of hydrogen-bond donors (Lipinski definition) is 1. The number of rotatable bonds is 4. The summed E-state index contributed by atoms with van der Waals surface area (Å²) in [4.78, 5) is 25.3. The van der Waals surface area contributed by atoms with Crippen LogP contribution >= 0.6 is 0 Å². The lowest BCUT2D eigenvalue weighted by atomic mass is 10.1. The van der Waals surface area contributed by atoms with Crippen LogP contribution in [0.3, 0.4) is 0 Å². The van der Waals surface area contributed by atoms with Crippen molar-refractivity contribution in [2.24, 2.45) is 0 Å². The van der Waals surface area contributed by atoms with Crippen LogP contribution in [0.15, 0.2) is 53.5 Å². The van der Waals surface area contributed by atoms with E-state index in [0.29, 0.717) is 17.7 Å². The number of benzene rings is 2. The Balaban J connectivity index is 1.66. The lowest BCUT2D eigenvalue weighted by molar-refractivity contribution is 0.0949. The summed E-state index contributed by atoms with van der Waals surface area (Å²) in [5.41, 5.74) is 2.95. The summed E-state index contributed by atoms with van der Waals surface area (Å²) in [7, 11) is 1.59. The van der Waals surface area contributed by atoms with Gasteiger partial charge in [0.25, 0.3) is 5.91 Å². The lowest BCUT2D eigenvalue weighted by Crippen LogP contribution is -2.29. The summed E-state index contributed by atoms with van der Waals surface area (Å²) in [6.45, 7) is 1.10. The monoisotopic (exact) mass is 334 g/mol. The minimum atomic E-state index is -0.362. The molecule has 1 aliphatic rings. The van der Waals surface area contributed by atoms with Crippen LogP contribution in [0.4, 0.5) is 0 Å². The van der Waals surface area contributed by atoms with E-state index in [0.717, 1.165) is 29.6 Å². The molecule has 1 aromatic heterocycles. The molecule has 5 nitrogen and oxygen atoms in total. The third kappa shape index (κ3) is 2.58. The van der Waals surface area contributed by atoms with Gasteiger partial charge in [-0.15, -0.1) is 0 Å². The first kappa shape index (κ1) is 15.4. The Morgan fingerprint density at radius 2 is 2.04 bits per heavy atom. The molecule has 2 heterocycles. The smallest absolute Gasteiger partial charge is 0.257 e. The van der Waals surface area contributed by atoms with Gasteiger partial charge in [0.15, 0.2) is 0 Å². The fourth-order valence-electron chi connectivity index (χ4n) is 3.44. The summed E-state index contributed by atoms with van der Waals surface area (Å²) in [6, 6.07) is 13.2. The fraction of sp³-hybridized carbons (Fsp3) is 0.200. The Labute approximate surface area is 144 Å². The second-order valence-electron chi connectivity index (χ2n) is 6.12. The van der Waals surface area contributed by atoms with Crippen molar-refractivity contribution in [2.75, 3.05) is 7.11 Å². The van der Waals surface area contributed by atoms with Gasteiger partial charge >= 0.3 is 0 Å². The van der Waals surface area contributed by atoms with Crippen LogP contribution in [-0.2, 0) is 19.5 Å². The van der Waals surface area contributed by atoms with Gasteiger partial charge in [0.05, 0.1) is 12.6 Å². The number of aromatic nitrogens is 1. The zero-order valence-electron chi connectivity index (χ0n) is 13.9. The molecule has 0 fully saturated rings. The first-order chi connectivity index (χ1) is 12.2. The van der Waals surface area contributed by atoms with E-state index in [1.54, 1.807) is 19.4 Å². The second-order valence-corrected chi connectivity index (χ2v) is 6.12. The zero-order chi connectivity index (χ0) is 17.4. The number of ether oxygens (including phenoxy) is 1. The van der Waals surface area contributed by atoms with Crippen LogP contribution in [0.1, 0.15) is 21.5 Å². The molecule has 1 aliphatic heterocycles. The lowest BCUT2D eigenvalue weighted by Gasteiger charge is -2.11. The molecule has 1 N–H and O–H groups in total. The number of carbonyl (C=O) groups excluding carboxylic acids is 1. The molecule has 0 atom stereocenters. The number of nitrogens with one attached hydrogen (secondary N) is 1. The standard InChI is InChI=1S/C20H18N2O3/c1-25-17-8-3-2-5-14(17)11-21-20(24)16-12-22-10-9-13-6-4-7-15(18(13)22)19(16)23/h2-8,12H,9-11H2,1H3,(H,21,24). The molecule has 0 radical (unpaired) electrons. The third-order valence-corrected chi connectivity index (χ3v) is 4.68. The maximum absolute atomic E-state index is 12.7. The molecule has 126 valence electrons. The molecule has 0 spiro atoms. The van der Waals surface area contributed by atoms with Crippen molar-refractivity contribution >= 4 is 16.8 Å². The van der Waals surface area contributed by atoms with Crippen molar-refractivity contribution in [1.82, 2.24) is 9.88 Å². The summed E-state index contributed by atoms with van der Waals surface area (Å²) in [6.07, 6.45) is 2.57. The van der Waals surface area contributed by atoms with Crippen molar-refractivity contribution in [2.45, 2.75) is 19.5 Å². The molecule has 0 unspecified atom stereocenters. The van der Waals surface area contributed by atoms with E-state index in [9.17, 15) is 9.59 Å². The second kappa shape index (κ2) is 6.09.